The van der Waals surface area contributed by atoms with Crippen LogP contribution < -0.4 is 5.56 Å². The summed E-state index contributed by atoms with van der Waals surface area (Å²) in [7, 11) is 0. The number of hydrogen-bond donors (Lipinski definition) is 3. The second kappa shape index (κ2) is 6.95. The molecule has 0 spiro atoms. The average Bonchev–Trinajstić information content (AvgIpc) is 2.77. The standard InChI is InChI=1S/C24H23FN2O5/c1-4-24(31)14-7-17(27-22(29)13(14)9-32-23(24)30)21-11(3)19-18(28)6-5-12-10(2)15(25)8-16(26-21)20(12)19/h7-8,18,28,31H,4-6,9H2,1-3H3,(H,27,29). The zero-order chi connectivity index (χ0) is 22.9. The molecule has 3 N–H and O–H groups in total. The van der Waals surface area contributed by atoms with Crippen LogP contribution in [0.25, 0.3) is 22.3 Å². The van der Waals surface area contributed by atoms with E-state index in [9.17, 15) is 24.2 Å². The van der Waals surface area contributed by atoms with Crippen LogP contribution in [0.1, 0.15) is 59.3 Å². The smallest absolute Gasteiger partial charge is 0.343 e. The van der Waals surface area contributed by atoms with Crippen LogP contribution in [-0.4, -0.2) is 26.2 Å². The molecule has 2 aromatic heterocycles. The lowest BCUT2D eigenvalue weighted by molar-refractivity contribution is -0.172. The molecule has 1 aliphatic heterocycles. The Morgan fingerprint density at radius 1 is 1.25 bits per heavy atom. The highest BCUT2D eigenvalue weighted by atomic mass is 19.1. The Labute approximate surface area is 182 Å². The second-order valence-corrected chi connectivity index (χ2v) is 8.60. The molecule has 0 bridgehead atoms. The highest BCUT2D eigenvalue weighted by Crippen LogP contribution is 2.42. The number of ether oxygens (including phenoxy) is 1. The van der Waals surface area contributed by atoms with E-state index in [1.807, 2.05) is 0 Å². The Morgan fingerprint density at radius 2 is 2.00 bits per heavy atom. The van der Waals surface area contributed by atoms with Gasteiger partial charge < -0.3 is 19.9 Å². The Bertz CT molecular complexity index is 1380. The van der Waals surface area contributed by atoms with E-state index in [0.29, 0.717) is 40.7 Å². The molecular weight excluding hydrogens is 415 g/mol. The molecule has 0 fully saturated rings. The van der Waals surface area contributed by atoms with Crippen molar-refractivity contribution in [1.82, 2.24) is 9.97 Å². The van der Waals surface area contributed by atoms with Crippen molar-refractivity contribution < 1.29 is 24.1 Å². The van der Waals surface area contributed by atoms with Crippen LogP contribution >= 0.6 is 0 Å². The predicted octanol–water partition coefficient (Wildman–Crippen LogP) is 2.98. The number of esters is 1. The number of carbonyl (C=O) groups excluding carboxylic acids is 1. The van der Waals surface area contributed by atoms with Crippen molar-refractivity contribution in [2.45, 2.75) is 58.3 Å². The summed E-state index contributed by atoms with van der Waals surface area (Å²) in [6.45, 7) is 4.92. The summed E-state index contributed by atoms with van der Waals surface area (Å²) in [5.41, 5.74) is 1.67. The minimum atomic E-state index is -1.94. The van der Waals surface area contributed by atoms with Gasteiger partial charge in [0.25, 0.3) is 5.56 Å². The molecule has 3 heterocycles. The molecule has 2 unspecified atom stereocenters. The molecule has 3 aromatic rings. The van der Waals surface area contributed by atoms with Gasteiger partial charge in [-0.1, -0.05) is 6.92 Å². The summed E-state index contributed by atoms with van der Waals surface area (Å²) in [6.07, 6.45) is 0.293. The third-order valence-electron chi connectivity index (χ3n) is 6.93. The van der Waals surface area contributed by atoms with Gasteiger partial charge in [0.15, 0.2) is 5.60 Å². The maximum absolute atomic E-state index is 14.6. The summed E-state index contributed by atoms with van der Waals surface area (Å²) in [5, 5.41) is 22.5. The van der Waals surface area contributed by atoms with Crippen LogP contribution in [-0.2, 0) is 28.2 Å². The number of rotatable bonds is 2. The van der Waals surface area contributed by atoms with E-state index in [4.69, 9.17) is 4.74 Å². The van der Waals surface area contributed by atoms with Crippen LogP contribution in [0.2, 0.25) is 0 Å². The third kappa shape index (κ3) is 2.69. The van der Waals surface area contributed by atoms with Crippen molar-refractivity contribution in [3.63, 3.8) is 0 Å². The molecule has 1 aromatic carbocycles. The van der Waals surface area contributed by atoms with Gasteiger partial charge in [0.2, 0.25) is 0 Å². The number of cyclic esters (lactones) is 1. The molecule has 0 saturated carbocycles. The molecule has 2 aliphatic rings. The Kier molecular flexibility index (Phi) is 4.51. The highest BCUT2D eigenvalue weighted by molar-refractivity contribution is 5.92. The molecule has 0 radical (unpaired) electrons. The number of pyridine rings is 2. The van der Waals surface area contributed by atoms with Gasteiger partial charge in [0.05, 0.1) is 28.6 Å². The number of H-pyrrole nitrogens is 1. The summed E-state index contributed by atoms with van der Waals surface area (Å²) < 4.78 is 19.6. The maximum atomic E-state index is 14.6. The molecule has 1 aliphatic carbocycles. The van der Waals surface area contributed by atoms with Crippen molar-refractivity contribution in [3.05, 3.63) is 61.7 Å². The molecule has 8 heteroatoms. The fraction of sp³-hybridized carbons (Fsp3) is 0.375. The number of aromatic nitrogens is 2. The number of benzene rings is 1. The van der Waals surface area contributed by atoms with Crippen molar-refractivity contribution in [2.24, 2.45) is 0 Å². The number of hydrogen-bond acceptors (Lipinski definition) is 6. The quantitative estimate of drug-likeness (QED) is 0.531. The van der Waals surface area contributed by atoms with Gasteiger partial charge in [-0.05, 0) is 61.4 Å². The SMILES string of the molecule is CCC1(O)C(=O)OCc2c1cc(-c1nc3cc(F)c(C)c4c3c(c1C)C(O)CC4)[nH]c2=O. The normalized spacial score (nSPS) is 22.1. The predicted molar refractivity (Wildman–Crippen MR) is 114 cm³/mol. The van der Waals surface area contributed by atoms with Gasteiger partial charge in [-0.3, -0.25) is 4.79 Å². The van der Waals surface area contributed by atoms with E-state index in [2.05, 4.69) is 9.97 Å². The molecule has 5 rings (SSSR count). The summed E-state index contributed by atoms with van der Waals surface area (Å²) in [6, 6.07) is 2.88. The van der Waals surface area contributed by atoms with Gasteiger partial charge >= 0.3 is 5.97 Å². The topological polar surface area (TPSA) is 113 Å². The third-order valence-corrected chi connectivity index (χ3v) is 6.93. The Morgan fingerprint density at radius 3 is 2.72 bits per heavy atom. The first kappa shape index (κ1) is 20.8. The van der Waals surface area contributed by atoms with Crippen molar-refractivity contribution in [1.29, 1.82) is 0 Å². The number of fused-ring (bicyclic) bond motifs is 1. The summed E-state index contributed by atoms with van der Waals surface area (Å²) in [5.74, 6) is -1.18. The van der Waals surface area contributed by atoms with Crippen molar-refractivity contribution >= 4 is 16.9 Å². The zero-order valence-corrected chi connectivity index (χ0v) is 18.0. The molecule has 2 atom stereocenters. The number of carbonyl (C=O) groups is 1. The van der Waals surface area contributed by atoms with E-state index >= 15 is 0 Å². The van der Waals surface area contributed by atoms with Gasteiger partial charge in [-0.15, -0.1) is 0 Å². The number of nitrogens with one attached hydrogen (secondary N) is 1. The minimum Gasteiger partial charge on any atom is -0.458 e. The number of nitrogens with zero attached hydrogens (tertiary/aromatic N) is 1. The van der Waals surface area contributed by atoms with Crippen LogP contribution in [0.3, 0.4) is 0 Å². The Hall–Kier alpha value is -3.10. The Balaban J connectivity index is 1.84. The van der Waals surface area contributed by atoms with Crippen LogP contribution in [0.15, 0.2) is 16.9 Å². The molecule has 0 amide bonds. The molecular formula is C24H23FN2O5. The van der Waals surface area contributed by atoms with Gasteiger partial charge in [0, 0.05) is 17.0 Å². The first-order valence-corrected chi connectivity index (χ1v) is 10.6. The number of aryl methyl sites for hydroxylation is 1. The minimum absolute atomic E-state index is 0.0314. The largest absolute Gasteiger partial charge is 0.458 e. The fourth-order valence-corrected chi connectivity index (χ4v) is 5.04. The molecule has 166 valence electrons. The molecule has 7 nitrogen and oxygen atoms in total. The number of aliphatic hydroxyl groups excluding tert-OH is 1. The lowest BCUT2D eigenvalue weighted by Gasteiger charge is -2.31. The van der Waals surface area contributed by atoms with Gasteiger partial charge in [0.1, 0.15) is 12.4 Å². The second-order valence-electron chi connectivity index (χ2n) is 8.60. The lowest BCUT2D eigenvalue weighted by atomic mass is 9.82. The number of halogens is 1. The van der Waals surface area contributed by atoms with Crippen molar-refractivity contribution in [2.75, 3.05) is 0 Å². The van der Waals surface area contributed by atoms with Gasteiger partial charge in [-0.2, -0.15) is 0 Å². The van der Waals surface area contributed by atoms with E-state index in [-0.39, 0.29) is 35.7 Å². The van der Waals surface area contributed by atoms with E-state index < -0.39 is 23.2 Å². The fourth-order valence-electron chi connectivity index (χ4n) is 5.04. The van der Waals surface area contributed by atoms with Crippen LogP contribution in [0.5, 0.6) is 0 Å². The van der Waals surface area contributed by atoms with Crippen LogP contribution in [0.4, 0.5) is 4.39 Å². The first-order chi connectivity index (χ1) is 15.2. The average molecular weight is 438 g/mol. The van der Waals surface area contributed by atoms with Gasteiger partial charge in [-0.25, -0.2) is 14.2 Å². The zero-order valence-electron chi connectivity index (χ0n) is 18.0. The van der Waals surface area contributed by atoms with E-state index in [0.717, 1.165) is 10.9 Å². The maximum Gasteiger partial charge on any atom is 0.343 e. The number of aromatic amines is 1. The highest BCUT2D eigenvalue weighted by Gasteiger charge is 2.44. The summed E-state index contributed by atoms with van der Waals surface area (Å²) in [4.78, 5) is 32.5. The number of aliphatic hydroxyl groups is 2. The van der Waals surface area contributed by atoms with E-state index in [1.165, 1.54) is 12.1 Å². The van der Waals surface area contributed by atoms with Crippen molar-refractivity contribution in [3.8, 4) is 11.4 Å². The molecule has 32 heavy (non-hydrogen) atoms. The first-order valence-electron chi connectivity index (χ1n) is 10.6. The monoisotopic (exact) mass is 438 g/mol. The van der Waals surface area contributed by atoms with E-state index in [1.54, 1.807) is 20.8 Å². The molecule has 0 saturated heterocycles. The lowest BCUT2D eigenvalue weighted by Crippen LogP contribution is -2.43. The van der Waals surface area contributed by atoms with Crippen LogP contribution in [0, 0.1) is 19.7 Å². The summed E-state index contributed by atoms with van der Waals surface area (Å²) >= 11 is 0.